The first-order valence-electron chi connectivity index (χ1n) is 11.5. The van der Waals surface area contributed by atoms with Crippen LogP contribution in [0.5, 0.6) is 11.5 Å². The number of carbonyl (C=O) groups excluding carboxylic acids is 2. The van der Waals surface area contributed by atoms with Crippen LogP contribution in [0.1, 0.15) is 25.3 Å². The molecule has 180 valence electrons. The highest BCUT2D eigenvalue weighted by Crippen LogP contribution is 2.39. The van der Waals surface area contributed by atoms with E-state index in [0.717, 1.165) is 24.2 Å². The molecule has 0 unspecified atom stereocenters. The van der Waals surface area contributed by atoms with Crippen LogP contribution in [0.4, 0.5) is 11.4 Å². The number of rotatable bonds is 10. The van der Waals surface area contributed by atoms with Crippen LogP contribution in [0.3, 0.4) is 0 Å². The lowest BCUT2D eigenvalue weighted by molar-refractivity contribution is -0.120. The fourth-order valence-electron chi connectivity index (χ4n) is 3.79. The van der Waals surface area contributed by atoms with E-state index in [-0.39, 0.29) is 11.6 Å². The van der Waals surface area contributed by atoms with Gasteiger partial charge in [0, 0.05) is 11.0 Å². The van der Waals surface area contributed by atoms with E-state index in [1.807, 2.05) is 54.6 Å². The van der Waals surface area contributed by atoms with Gasteiger partial charge in [-0.25, -0.2) is 4.90 Å². The molecular weight excluding hydrogens is 460 g/mol. The van der Waals surface area contributed by atoms with Crippen molar-refractivity contribution >= 4 is 35.0 Å². The average Bonchev–Trinajstić information content (AvgIpc) is 3.12. The molecule has 3 aromatic rings. The standard InChI is InChI=1S/C28H28N2O4S/c1-4-5-9-19-12-14-20(15-13-19)30-27(31)25(26(28(30)32)35-22-10-7-6-8-11-22)29-23-18-21(33-2)16-17-24(23)34-3/h6-8,10-18,29H,4-5,9H2,1-3H3. The number of carbonyl (C=O) groups is 2. The van der Waals surface area contributed by atoms with Gasteiger partial charge in [0.25, 0.3) is 11.8 Å². The predicted molar refractivity (Wildman–Crippen MR) is 140 cm³/mol. The Morgan fingerprint density at radius 1 is 0.886 bits per heavy atom. The maximum absolute atomic E-state index is 13.6. The van der Waals surface area contributed by atoms with Gasteiger partial charge in [0.15, 0.2) is 0 Å². The molecule has 0 saturated carbocycles. The van der Waals surface area contributed by atoms with Gasteiger partial charge in [-0.3, -0.25) is 9.59 Å². The molecule has 4 rings (SSSR count). The summed E-state index contributed by atoms with van der Waals surface area (Å²) in [5.74, 6) is 0.345. The molecule has 1 N–H and O–H groups in total. The van der Waals surface area contributed by atoms with Crippen LogP contribution < -0.4 is 19.7 Å². The van der Waals surface area contributed by atoms with Crippen LogP contribution in [0.25, 0.3) is 0 Å². The topological polar surface area (TPSA) is 67.9 Å². The van der Waals surface area contributed by atoms with E-state index in [1.165, 1.54) is 22.2 Å². The third kappa shape index (κ3) is 5.35. The number of anilines is 2. The lowest BCUT2D eigenvalue weighted by Gasteiger charge is -2.16. The molecule has 1 aliphatic rings. The van der Waals surface area contributed by atoms with E-state index in [2.05, 4.69) is 12.2 Å². The molecule has 1 aliphatic heterocycles. The normalized spacial score (nSPS) is 13.4. The Labute approximate surface area is 209 Å². The van der Waals surface area contributed by atoms with Crippen molar-refractivity contribution in [2.75, 3.05) is 24.4 Å². The number of methoxy groups -OCH3 is 2. The fraction of sp³-hybridized carbons (Fsp3) is 0.214. The van der Waals surface area contributed by atoms with Crippen LogP contribution in [-0.2, 0) is 16.0 Å². The predicted octanol–water partition coefficient (Wildman–Crippen LogP) is 6.04. The van der Waals surface area contributed by atoms with Gasteiger partial charge in [-0.1, -0.05) is 55.4 Å². The van der Waals surface area contributed by atoms with Crippen LogP contribution in [0, 0.1) is 0 Å². The lowest BCUT2D eigenvalue weighted by atomic mass is 10.1. The highest BCUT2D eigenvalue weighted by atomic mass is 32.2. The molecule has 0 fully saturated rings. The molecule has 0 aliphatic carbocycles. The van der Waals surface area contributed by atoms with Crippen molar-refractivity contribution in [2.24, 2.45) is 0 Å². The minimum Gasteiger partial charge on any atom is -0.497 e. The number of ether oxygens (including phenoxy) is 2. The average molecular weight is 489 g/mol. The smallest absolute Gasteiger partial charge is 0.283 e. The number of amides is 2. The number of hydrogen-bond acceptors (Lipinski definition) is 6. The van der Waals surface area contributed by atoms with Crippen molar-refractivity contribution in [1.82, 2.24) is 0 Å². The summed E-state index contributed by atoms with van der Waals surface area (Å²) in [6, 6.07) is 22.4. The first-order valence-corrected chi connectivity index (χ1v) is 12.3. The van der Waals surface area contributed by atoms with E-state index >= 15 is 0 Å². The summed E-state index contributed by atoms with van der Waals surface area (Å²) >= 11 is 1.26. The second-order valence-electron chi connectivity index (χ2n) is 8.03. The number of unbranched alkanes of at least 4 members (excludes halogenated alkanes) is 1. The zero-order valence-corrected chi connectivity index (χ0v) is 20.9. The van der Waals surface area contributed by atoms with Gasteiger partial charge in [0.2, 0.25) is 0 Å². The Kier molecular flexibility index (Phi) is 7.77. The minimum absolute atomic E-state index is 0.200. The third-order valence-corrected chi connectivity index (χ3v) is 6.78. The quantitative estimate of drug-likeness (QED) is 0.351. The van der Waals surface area contributed by atoms with Crippen LogP contribution in [-0.4, -0.2) is 26.0 Å². The Morgan fingerprint density at radius 3 is 2.29 bits per heavy atom. The number of imide groups is 1. The first kappa shape index (κ1) is 24.4. The van der Waals surface area contributed by atoms with Crippen LogP contribution >= 0.6 is 11.8 Å². The Bertz CT molecular complexity index is 1240. The largest absolute Gasteiger partial charge is 0.497 e. The SMILES string of the molecule is CCCCc1ccc(N2C(=O)C(Nc3cc(OC)ccc3OC)=C(Sc3ccccc3)C2=O)cc1. The van der Waals surface area contributed by atoms with Gasteiger partial charge in [0.1, 0.15) is 22.1 Å². The minimum atomic E-state index is -0.417. The summed E-state index contributed by atoms with van der Waals surface area (Å²) in [6.45, 7) is 2.15. The molecule has 0 atom stereocenters. The number of thioether (sulfide) groups is 1. The van der Waals surface area contributed by atoms with Crippen molar-refractivity contribution in [3.8, 4) is 11.5 Å². The van der Waals surface area contributed by atoms with Crippen molar-refractivity contribution in [3.05, 3.63) is 89.0 Å². The maximum Gasteiger partial charge on any atom is 0.283 e. The molecule has 3 aromatic carbocycles. The lowest BCUT2D eigenvalue weighted by Crippen LogP contribution is -2.32. The van der Waals surface area contributed by atoms with Crippen molar-refractivity contribution in [1.29, 1.82) is 0 Å². The molecule has 6 nitrogen and oxygen atoms in total. The van der Waals surface area contributed by atoms with Crippen LogP contribution in [0.2, 0.25) is 0 Å². The molecule has 1 heterocycles. The number of benzene rings is 3. The van der Waals surface area contributed by atoms with E-state index in [0.29, 0.717) is 27.8 Å². The van der Waals surface area contributed by atoms with Crippen LogP contribution in [0.15, 0.2) is 88.3 Å². The molecule has 0 spiro atoms. The summed E-state index contributed by atoms with van der Waals surface area (Å²) in [6.07, 6.45) is 3.17. The van der Waals surface area contributed by atoms with Gasteiger partial charge >= 0.3 is 0 Å². The Morgan fingerprint density at radius 2 is 1.63 bits per heavy atom. The monoisotopic (exact) mass is 488 g/mol. The summed E-state index contributed by atoms with van der Waals surface area (Å²) in [5.41, 5.74) is 2.46. The second kappa shape index (κ2) is 11.1. The highest BCUT2D eigenvalue weighted by molar-refractivity contribution is 8.04. The highest BCUT2D eigenvalue weighted by Gasteiger charge is 2.40. The van der Waals surface area contributed by atoms with Gasteiger partial charge < -0.3 is 14.8 Å². The van der Waals surface area contributed by atoms with Gasteiger partial charge in [-0.05, 0) is 54.8 Å². The van der Waals surface area contributed by atoms with Crippen molar-refractivity contribution in [3.63, 3.8) is 0 Å². The zero-order valence-electron chi connectivity index (χ0n) is 20.0. The van der Waals surface area contributed by atoms with E-state index in [4.69, 9.17) is 9.47 Å². The first-order chi connectivity index (χ1) is 17.0. The molecule has 0 bridgehead atoms. The number of aryl methyl sites for hydroxylation is 1. The molecule has 0 aromatic heterocycles. The summed E-state index contributed by atoms with van der Waals surface area (Å²) < 4.78 is 10.8. The molecule has 0 radical (unpaired) electrons. The fourth-order valence-corrected chi connectivity index (χ4v) is 4.74. The molecule has 2 amide bonds. The number of hydrogen-bond donors (Lipinski definition) is 1. The zero-order chi connectivity index (χ0) is 24.8. The molecular formula is C28H28N2O4S. The molecule has 7 heteroatoms. The molecule has 35 heavy (non-hydrogen) atoms. The summed E-state index contributed by atoms with van der Waals surface area (Å²) in [5, 5.41) is 3.17. The third-order valence-electron chi connectivity index (χ3n) is 5.68. The van der Waals surface area contributed by atoms with E-state index < -0.39 is 5.91 Å². The summed E-state index contributed by atoms with van der Waals surface area (Å²) in [7, 11) is 3.12. The second-order valence-corrected chi connectivity index (χ2v) is 9.11. The number of nitrogens with one attached hydrogen (secondary N) is 1. The van der Waals surface area contributed by atoms with Crippen molar-refractivity contribution < 1.29 is 19.1 Å². The number of nitrogens with zero attached hydrogens (tertiary/aromatic N) is 1. The summed E-state index contributed by atoms with van der Waals surface area (Å²) in [4.78, 5) is 29.6. The Hall–Kier alpha value is -3.71. The van der Waals surface area contributed by atoms with Gasteiger partial charge in [0.05, 0.1) is 25.6 Å². The Balaban J connectivity index is 1.71. The van der Waals surface area contributed by atoms with Crippen molar-refractivity contribution in [2.45, 2.75) is 31.1 Å². The molecule has 0 saturated heterocycles. The van der Waals surface area contributed by atoms with Gasteiger partial charge in [-0.2, -0.15) is 0 Å². The van der Waals surface area contributed by atoms with Gasteiger partial charge in [-0.15, -0.1) is 0 Å². The van der Waals surface area contributed by atoms with E-state index in [9.17, 15) is 9.59 Å². The van der Waals surface area contributed by atoms with E-state index in [1.54, 1.807) is 32.4 Å². The maximum atomic E-state index is 13.6.